The molecule has 0 unspecified atom stereocenters. The van der Waals surface area contributed by atoms with Crippen LogP contribution in [0.15, 0.2) is 18.2 Å². The maximum atomic E-state index is 11.0. The lowest BCUT2D eigenvalue weighted by atomic mass is 10.2. The molecule has 126 valence electrons. The van der Waals surface area contributed by atoms with Crippen molar-refractivity contribution in [1.82, 2.24) is 0 Å². The number of nitrogens with zero attached hydrogens (tertiary/aromatic N) is 1. The molecule has 0 heterocycles. The maximum Gasteiger partial charge on any atom is 0.310 e. The van der Waals surface area contributed by atoms with E-state index in [1.54, 1.807) is 6.92 Å². The van der Waals surface area contributed by atoms with Gasteiger partial charge in [0.15, 0.2) is 0 Å². The molecule has 1 rings (SSSR count). The van der Waals surface area contributed by atoms with E-state index in [1.165, 1.54) is 25.1 Å². The molecular weight excluding hydrogens is 324 g/mol. The van der Waals surface area contributed by atoms with Crippen LogP contribution in [0.25, 0.3) is 0 Å². The van der Waals surface area contributed by atoms with Crippen molar-refractivity contribution in [2.75, 3.05) is 17.6 Å². The summed E-state index contributed by atoms with van der Waals surface area (Å²) >= 11 is 0. The van der Waals surface area contributed by atoms with Crippen LogP contribution >= 0.6 is 0 Å². The monoisotopic (exact) mass is 342 g/mol. The average molecular weight is 342 g/mol. The van der Waals surface area contributed by atoms with Crippen LogP contribution in [0.3, 0.4) is 0 Å². The van der Waals surface area contributed by atoms with E-state index in [1.807, 2.05) is 6.07 Å². The minimum absolute atomic E-state index is 0.312. The molecule has 0 aliphatic heterocycles. The highest BCUT2D eigenvalue weighted by Crippen LogP contribution is 2.23. The Balaban J connectivity index is 0.000000585. The second-order valence-electron chi connectivity index (χ2n) is 4.40. The van der Waals surface area contributed by atoms with Crippen molar-refractivity contribution in [3.8, 4) is 11.8 Å². The van der Waals surface area contributed by atoms with Crippen LogP contribution in [-0.2, 0) is 19.6 Å². The van der Waals surface area contributed by atoms with Gasteiger partial charge in [0.2, 0.25) is 10.0 Å². The summed E-state index contributed by atoms with van der Waals surface area (Å²) in [4.78, 5) is 19.5. The van der Waals surface area contributed by atoms with Crippen LogP contribution < -0.4 is 9.46 Å². The number of ether oxygens (including phenoxy) is 1. The third-order valence-corrected chi connectivity index (χ3v) is 2.71. The molecule has 0 amide bonds. The summed E-state index contributed by atoms with van der Waals surface area (Å²) in [6, 6.07) is 6.49. The number of Topliss-reactive ketones (excluding diaryl/α,β-unsaturated/α-hetero) is 1. The summed E-state index contributed by atoms with van der Waals surface area (Å²) in [5.74, 6) is -1.00. The summed E-state index contributed by atoms with van der Waals surface area (Å²) in [5.41, 5.74) is 0.755. The standard InChI is InChI=1S/C10H12N2O3S.C4H6O3/c1-3-15-10-6-9(12-16(2,13)14)5-4-8(10)7-11;1-3(5)2-4(6)7/h4-6,12H,3H2,1-2H3;2H2,1H3,(H,6,7). The molecule has 0 aliphatic carbocycles. The highest BCUT2D eigenvalue weighted by molar-refractivity contribution is 7.92. The van der Waals surface area contributed by atoms with Crippen molar-refractivity contribution < 1.29 is 27.9 Å². The predicted octanol–water partition coefficient (Wildman–Crippen LogP) is 1.38. The van der Waals surface area contributed by atoms with E-state index in [0.717, 1.165) is 6.26 Å². The maximum absolute atomic E-state index is 11.0. The molecule has 0 bridgehead atoms. The van der Waals surface area contributed by atoms with Crippen LogP contribution in [-0.4, -0.2) is 38.1 Å². The number of sulfonamides is 1. The number of carbonyl (C=O) groups excluding carboxylic acids is 1. The molecule has 0 aromatic heterocycles. The SMILES string of the molecule is CC(=O)CC(=O)O.CCOc1cc(NS(C)(=O)=O)ccc1C#N. The Morgan fingerprint density at radius 1 is 1.39 bits per heavy atom. The van der Waals surface area contributed by atoms with Crippen molar-refractivity contribution in [2.45, 2.75) is 20.3 Å². The van der Waals surface area contributed by atoms with Gasteiger partial charge in [-0.2, -0.15) is 5.26 Å². The number of ketones is 1. The normalized spacial score (nSPS) is 9.83. The van der Waals surface area contributed by atoms with Gasteiger partial charge >= 0.3 is 5.97 Å². The number of carbonyl (C=O) groups is 2. The van der Waals surface area contributed by atoms with Crippen LogP contribution in [0.5, 0.6) is 5.75 Å². The van der Waals surface area contributed by atoms with Gasteiger partial charge in [-0.05, 0) is 26.0 Å². The quantitative estimate of drug-likeness (QED) is 0.746. The van der Waals surface area contributed by atoms with E-state index in [4.69, 9.17) is 15.1 Å². The van der Waals surface area contributed by atoms with Gasteiger partial charge in [0, 0.05) is 6.07 Å². The Hall–Kier alpha value is -2.60. The van der Waals surface area contributed by atoms with E-state index in [0.29, 0.717) is 23.6 Å². The molecule has 8 nitrogen and oxygen atoms in total. The van der Waals surface area contributed by atoms with Crippen molar-refractivity contribution in [3.63, 3.8) is 0 Å². The van der Waals surface area contributed by atoms with Crippen LogP contribution in [0.1, 0.15) is 25.8 Å². The van der Waals surface area contributed by atoms with E-state index in [2.05, 4.69) is 4.72 Å². The Labute approximate surface area is 134 Å². The molecule has 1 aromatic rings. The number of hydrogen-bond acceptors (Lipinski definition) is 6. The van der Waals surface area contributed by atoms with Gasteiger partial charge in [0.25, 0.3) is 0 Å². The zero-order valence-corrected chi connectivity index (χ0v) is 13.8. The van der Waals surface area contributed by atoms with Crippen LogP contribution in [0, 0.1) is 11.3 Å². The molecule has 0 radical (unpaired) electrons. The molecule has 0 fully saturated rings. The Morgan fingerprint density at radius 3 is 2.35 bits per heavy atom. The number of nitrogens with one attached hydrogen (secondary N) is 1. The molecular formula is C14H18N2O6S. The lowest BCUT2D eigenvalue weighted by Crippen LogP contribution is -2.09. The molecule has 23 heavy (non-hydrogen) atoms. The summed E-state index contributed by atoms with van der Waals surface area (Å²) in [6.07, 6.45) is 0.700. The van der Waals surface area contributed by atoms with Gasteiger partial charge in [-0.3, -0.25) is 14.3 Å². The number of carboxylic acid groups (broad SMARTS) is 1. The largest absolute Gasteiger partial charge is 0.492 e. The lowest BCUT2D eigenvalue weighted by Gasteiger charge is -2.08. The zero-order valence-electron chi connectivity index (χ0n) is 13.0. The first-order valence-electron chi connectivity index (χ1n) is 6.45. The minimum Gasteiger partial charge on any atom is -0.492 e. The third kappa shape index (κ3) is 9.87. The zero-order chi connectivity index (χ0) is 18.0. The third-order valence-electron chi connectivity index (χ3n) is 2.11. The number of rotatable bonds is 6. The molecule has 0 saturated heterocycles. The summed E-state index contributed by atoms with van der Waals surface area (Å²) in [7, 11) is -3.32. The predicted molar refractivity (Wildman–Crippen MR) is 83.7 cm³/mol. The van der Waals surface area contributed by atoms with E-state index in [-0.39, 0.29) is 12.2 Å². The van der Waals surface area contributed by atoms with Crippen LogP contribution in [0.2, 0.25) is 0 Å². The number of carboxylic acids is 1. The fourth-order valence-electron chi connectivity index (χ4n) is 1.38. The molecule has 0 atom stereocenters. The average Bonchev–Trinajstić information content (AvgIpc) is 2.36. The number of anilines is 1. The van der Waals surface area contributed by atoms with Gasteiger partial charge < -0.3 is 9.84 Å². The molecule has 9 heteroatoms. The van der Waals surface area contributed by atoms with Crippen LogP contribution in [0.4, 0.5) is 5.69 Å². The van der Waals surface area contributed by atoms with E-state index >= 15 is 0 Å². The highest BCUT2D eigenvalue weighted by Gasteiger charge is 2.07. The molecule has 0 aliphatic rings. The second kappa shape index (κ2) is 9.42. The van der Waals surface area contributed by atoms with Crippen molar-refractivity contribution in [2.24, 2.45) is 0 Å². The van der Waals surface area contributed by atoms with Gasteiger partial charge in [-0.15, -0.1) is 0 Å². The Morgan fingerprint density at radius 2 is 2.00 bits per heavy atom. The number of benzene rings is 1. The first-order chi connectivity index (χ1) is 10.6. The molecule has 0 saturated carbocycles. The second-order valence-corrected chi connectivity index (χ2v) is 6.15. The number of aliphatic carboxylic acids is 1. The number of hydrogen-bond donors (Lipinski definition) is 2. The van der Waals surface area contributed by atoms with Gasteiger partial charge in [0.1, 0.15) is 24.0 Å². The number of nitriles is 1. The Bertz CT molecular complexity index is 694. The summed E-state index contributed by atoms with van der Waals surface area (Å²) in [6.45, 7) is 3.45. The van der Waals surface area contributed by atoms with Gasteiger partial charge in [-0.25, -0.2) is 8.42 Å². The highest BCUT2D eigenvalue weighted by atomic mass is 32.2. The Kier molecular flexibility index (Phi) is 8.36. The van der Waals surface area contributed by atoms with Gasteiger partial charge in [-0.1, -0.05) is 0 Å². The van der Waals surface area contributed by atoms with Gasteiger partial charge in [0.05, 0.1) is 24.1 Å². The summed E-state index contributed by atoms with van der Waals surface area (Å²) in [5, 5.41) is 16.7. The first kappa shape index (κ1) is 20.4. The molecule has 0 spiro atoms. The van der Waals surface area contributed by atoms with E-state index < -0.39 is 16.0 Å². The smallest absolute Gasteiger partial charge is 0.310 e. The van der Waals surface area contributed by atoms with Crippen molar-refractivity contribution in [1.29, 1.82) is 5.26 Å². The summed E-state index contributed by atoms with van der Waals surface area (Å²) < 4.78 is 29.6. The van der Waals surface area contributed by atoms with Crippen molar-refractivity contribution >= 4 is 27.5 Å². The lowest BCUT2D eigenvalue weighted by molar-refractivity contribution is -0.139. The first-order valence-corrected chi connectivity index (χ1v) is 8.34. The molecule has 1 aromatic carbocycles. The fraction of sp³-hybridized carbons (Fsp3) is 0.357. The fourth-order valence-corrected chi connectivity index (χ4v) is 1.94. The minimum atomic E-state index is -3.32. The van der Waals surface area contributed by atoms with Crippen molar-refractivity contribution in [3.05, 3.63) is 23.8 Å². The molecule has 2 N–H and O–H groups in total. The van der Waals surface area contributed by atoms with E-state index in [9.17, 15) is 18.0 Å². The topological polar surface area (TPSA) is 134 Å².